The van der Waals surface area contributed by atoms with Crippen molar-refractivity contribution in [1.29, 1.82) is 0 Å². The van der Waals surface area contributed by atoms with Crippen LogP contribution in [-0.4, -0.2) is 33.8 Å². The van der Waals surface area contributed by atoms with E-state index < -0.39 is 17.8 Å². The highest BCUT2D eigenvalue weighted by atomic mass is 16.4. The van der Waals surface area contributed by atoms with Gasteiger partial charge in [0.2, 0.25) is 0 Å². The van der Waals surface area contributed by atoms with E-state index in [9.17, 15) is 14.7 Å². The molecule has 0 saturated carbocycles. The molecule has 2 aromatic rings. The van der Waals surface area contributed by atoms with E-state index in [1.165, 1.54) is 23.2 Å². The van der Waals surface area contributed by atoms with E-state index in [0.717, 1.165) is 0 Å². The maximum Gasteiger partial charge on any atom is 0.339 e. The zero-order valence-corrected chi connectivity index (χ0v) is 13.2. The first-order valence-electron chi connectivity index (χ1n) is 7.38. The van der Waals surface area contributed by atoms with Crippen LogP contribution in [0.25, 0.3) is 0 Å². The van der Waals surface area contributed by atoms with Gasteiger partial charge in [0, 0.05) is 6.07 Å². The third-order valence-corrected chi connectivity index (χ3v) is 3.60. The minimum Gasteiger partial charge on any atom is -0.507 e. The molecule has 0 aromatic heterocycles. The Kier molecular flexibility index (Phi) is 4.25. The molecule has 0 aliphatic carbocycles. The summed E-state index contributed by atoms with van der Waals surface area (Å²) >= 11 is 0. The summed E-state index contributed by atoms with van der Waals surface area (Å²) in [6.07, 6.45) is 0. The molecule has 1 unspecified atom stereocenters. The van der Waals surface area contributed by atoms with E-state index in [2.05, 4.69) is 15.3 Å². The number of carboxylic acids is 1. The normalized spacial score (nSPS) is 17.2. The topological polar surface area (TPSA) is 115 Å². The number of phenols is 1. The fourth-order valence-corrected chi connectivity index (χ4v) is 2.33. The lowest BCUT2D eigenvalue weighted by atomic mass is 10.2. The number of hydrogen-bond acceptors (Lipinski definition) is 6. The molecule has 0 fully saturated rings. The van der Waals surface area contributed by atoms with Crippen LogP contribution in [0.2, 0.25) is 0 Å². The van der Waals surface area contributed by atoms with Crippen LogP contribution in [0.15, 0.2) is 63.9 Å². The minimum atomic E-state index is -1.24. The van der Waals surface area contributed by atoms with Crippen molar-refractivity contribution in [1.82, 2.24) is 0 Å². The van der Waals surface area contributed by atoms with Gasteiger partial charge in [-0.25, -0.2) is 4.79 Å². The van der Waals surface area contributed by atoms with Gasteiger partial charge >= 0.3 is 5.97 Å². The molecular weight excluding hydrogens is 324 g/mol. The van der Waals surface area contributed by atoms with E-state index in [-0.39, 0.29) is 17.2 Å². The van der Waals surface area contributed by atoms with Gasteiger partial charge in [-0.1, -0.05) is 18.2 Å². The predicted molar refractivity (Wildman–Crippen MR) is 90.4 cm³/mol. The second-order valence-corrected chi connectivity index (χ2v) is 5.35. The highest BCUT2D eigenvalue weighted by molar-refractivity contribution is 6.18. The number of hydrazone groups is 1. The molecule has 8 nitrogen and oxygen atoms in total. The van der Waals surface area contributed by atoms with Crippen LogP contribution < -0.4 is 5.01 Å². The molecule has 8 heteroatoms. The average molecular weight is 338 g/mol. The lowest BCUT2D eigenvalue weighted by Gasteiger charge is -2.11. The molecule has 0 spiro atoms. The molecule has 2 N–H and O–H groups in total. The number of amides is 1. The monoisotopic (exact) mass is 338 g/mol. The summed E-state index contributed by atoms with van der Waals surface area (Å²) in [5.41, 5.74) is 1.13. The number of carbonyl (C=O) groups is 2. The Hall–Kier alpha value is -3.55. The van der Waals surface area contributed by atoms with Gasteiger partial charge in [0.05, 0.1) is 17.1 Å². The van der Waals surface area contributed by atoms with Crippen LogP contribution in [0.3, 0.4) is 0 Å². The number of carboxylic acid groups (broad SMARTS) is 1. The van der Waals surface area contributed by atoms with Gasteiger partial charge in [0.15, 0.2) is 6.04 Å². The number of aromatic carboxylic acids is 1. The highest BCUT2D eigenvalue weighted by Gasteiger charge is 2.34. The van der Waals surface area contributed by atoms with Gasteiger partial charge in [-0.2, -0.15) is 20.3 Å². The van der Waals surface area contributed by atoms with Gasteiger partial charge < -0.3 is 10.2 Å². The average Bonchev–Trinajstić information content (AvgIpc) is 2.88. The van der Waals surface area contributed by atoms with Gasteiger partial charge in [-0.3, -0.25) is 4.79 Å². The molecule has 1 aliphatic rings. The molecule has 2 aromatic carbocycles. The summed E-state index contributed by atoms with van der Waals surface area (Å²) in [5.74, 6) is -2.00. The smallest absolute Gasteiger partial charge is 0.339 e. The summed E-state index contributed by atoms with van der Waals surface area (Å²) in [5, 5.41) is 31.9. The Balaban J connectivity index is 1.80. The molecule has 1 amide bonds. The quantitative estimate of drug-likeness (QED) is 0.834. The van der Waals surface area contributed by atoms with Gasteiger partial charge in [0.25, 0.3) is 5.91 Å². The summed E-state index contributed by atoms with van der Waals surface area (Å²) in [6, 6.07) is 11.9. The van der Waals surface area contributed by atoms with E-state index >= 15 is 0 Å². The van der Waals surface area contributed by atoms with Crippen molar-refractivity contribution in [3.63, 3.8) is 0 Å². The summed E-state index contributed by atoms with van der Waals surface area (Å²) in [7, 11) is 0. The number of carbonyl (C=O) groups excluding carboxylic acids is 1. The van der Waals surface area contributed by atoms with E-state index in [4.69, 9.17) is 5.11 Å². The zero-order chi connectivity index (χ0) is 18.0. The lowest BCUT2D eigenvalue weighted by Crippen LogP contribution is -2.29. The molecule has 25 heavy (non-hydrogen) atoms. The van der Waals surface area contributed by atoms with Crippen LogP contribution in [0.4, 0.5) is 11.4 Å². The number of benzene rings is 2. The van der Waals surface area contributed by atoms with Crippen LogP contribution >= 0.6 is 0 Å². The third-order valence-electron chi connectivity index (χ3n) is 3.60. The number of nitrogens with zero attached hydrogens (tertiary/aromatic N) is 4. The van der Waals surface area contributed by atoms with Crippen molar-refractivity contribution in [3.8, 4) is 5.75 Å². The maximum absolute atomic E-state index is 12.5. The summed E-state index contributed by atoms with van der Waals surface area (Å²) in [6.45, 7) is 1.68. The molecular formula is C17H14N4O4. The van der Waals surface area contributed by atoms with Crippen LogP contribution in [0, 0.1) is 0 Å². The fourth-order valence-electron chi connectivity index (χ4n) is 2.33. The molecule has 1 atom stereocenters. The van der Waals surface area contributed by atoms with Crippen molar-refractivity contribution in [2.24, 2.45) is 15.3 Å². The van der Waals surface area contributed by atoms with E-state index in [1.54, 1.807) is 31.2 Å². The molecule has 1 heterocycles. The number of para-hydroxylation sites is 1. The van der Waals surface area contributed by atoms with Crippen molar-refractivity contribution in [2.75, 3.05) is 5.01 Å². The van der Waals surface area contributed by atoms with Crippen LogP contribution in [0.1, 0.15) is 17.3 Å². The zero-order valence-electron chi connectivity index (χ0n) is 13.2. The Bertz CT molecular complexity index is 893. The SMILES string of the molecule is CC1=NN(c2ccccc2)C(=O)C1N=Nc1ccc(C(=O)O)c(O)c1. The Morgan fingerprint density at radius 3 is 2.56 bits per heavy atom. The fraction of sp³-hybridized carbons (Fsp3) is 0.118. The molecule has 0 bridgehead atoms. The molecule has 0 saturated heterocycles. The predicted octanol–water partition coefficient (Wildman–Crippen LogP) is 2.97. The maximum atomic E-state index is 12.5. The Labute approximate surface area is 142 Å². The van der Waals surface area contributed by atoms with E-state index in [0.29, 0.717) is 11.4 Å². The molecule has 1 aliphatic heterocycles. The van der Waals surface area contributed by atoms with Crippen molar-refractivity contribution in [2.45, 2.75) is 13.0 Å². The van der Waals surface area contributed by atoms with Crippen LogP contribution in [0.5, 0.6) is 5.75 Å². The van der Waals surface area contributed by atoms with E-state index in [1.807, 2.05) is 6.07 Å². The number of aromatic hydroxyl groups is 1. The molecule has 126 valence electrons. The van der Waals surface area contributed by atoms with Gasteiger partial charge in [-0.15, -0.1) is 0 Å². The van der Waals surface area contributed by atoms with Gasteiger partial charge in [-0.05, 0) is 31.2 Å². The first-order valence-corrected chi connectivity index (χ1v) is 7.38. The lowest BCUT2D eigenvalue weighted by molar-refractivity contribution is -0.117. The first-order chi connectivity index (χ1) is 12.0. The highest BCUT2D eigenvalue weighted by Crippen LogP contribution is 2.26. The summed E-state index contributed by atoms with van der Waals surface area (Å²) < 4.78 is 0. The van der Waals surface area contributed by atoms with Crippen LogP contribution in [-0.2, 0) is 4.79 Å². The number of hydrogen-bond donors (Lipinski definition) is 2. The number of azo groups is 1. The van der Waals surface area contributed by atoms with Crippen molar-refractivity contribution in [3.05, 3.63) is 54.1 Å². The standard InChI is InChI=1S/C17H14N4O4/c1-10-15(16(23)21(20-10)12-5-3-2-4-6-12)19-18-11-7-8-13(17(24)25)14(22)9-11/h2-9,15,22H,1H3,(H,24,25). The Morgan fingerprint density at radius 2 is 1.92 bits per heavy atom. The molecule has 3 rings (SSSR count). The second kappa shape index (κ2) is 6.52. The van der Waals surface area contributed by atoms with Crippen molar-refractivity contribution >= 4 is 29.0 Å². The second-order valence-electron chi connectivity index (χ2n) is 5.35. The largest absolute Gasteiger partial charge is 0.507 e. The third kappa shape index (κ3) is 3.23. The summed E-state index contributed by atoms with van der Waals surface area (Å²) in [4.78, 5) is 23.4. The van der Waals surface area contributed by atoms with Crippen molar-refractivity contribution < 1.29 is 19.8 Å². The Morgan fingerprint density at radius 1 is 1.20 bits per heavy atom. The number of rotatable bonds is 4. The van der Waals surface area contributed by atoms with Gasteiger partial charge in [0.1, 0.15) is 11.3 Å². The first kappa shape index (κ1) is 16.3. The number of anilines is 1. The minimum absolute atomic E-state index is 0.233. The molecule has 0 radical (unpaired) electrons.